The molecule has 0 unspecified atom stereocenters. The number of hydrogen-bond donors (Lipinski definition) is 4. The van der Waals surface area contributed by atoms with Crippen molar-refractivity contribution in [3.05, 3.63) is 0 Å². The molecule has 0 fully saturated rings. The van der Waals surface area contributed by atoms with E-state index in [1.807, 2.05) is 0 Å². The molecule has 0 rings (SSSR count). The van der Waals surface area contributed by atoms with Crippen molar-refractivity contribution in [2.45, 2.75) is 148 Å². The maximum absolute atomic E-state index is 10.3. The van der Waals surface area contributed by atoms with Crippen LogP contribution in [0.1, 0.15) is 148 Å². The number of unbranched alkanes of at least 4 members (excludes halogenated alkanes) is 17. The van der Waals surface area contributed by atoms with Gasteiger partial charge in [0.05, 0.1) is 0 Å². The average Bonchev–Trinajstić information content (AvgIpc) is 2.78. The molecule has 0 amide bonds. The average molecular weight is 503 g/mol. The monoisotopic (exact) mass is 502 g/mol. The lowest BCUT2D eigenvalue weighted by molar-refractivity contribution is -0.138. The van der Waals surface area contributed by atoms with E-state index in [4.69, 9.17) is 20.4 Å². The van der Waals surface area contributed by atoms with Crippen LogP contribution in [0.2, 0.25) is 0 Å². The van der Waals surface area contributed by atoms with E-state index in [-0.39, 0.29) is 12.8 Å². The second-order valence-corrected chi connectivity index (χ2v) is 9.29. The number of carboxylic acid groups (broad SMARTS) is 4. The summed E-state index contributed by atoms with van der Waals surface area (Å²) in [6.45, 7) is 0. The summed E-state index contributed by atoms with van der Waals surface area (Å²) in [6, 6.07) is 0. The highest BCUT2D eigenvalue weighted by Crippen LogP contribution is 2.12. The Kier molecular flexibility index (Phi) is 28.2. The largest absolute Gasteiger partial charge is 0.481 e. The van der Waals surface area contributed by atoms with E-state index in [1.165, 1.54) is 44.9 Å². The quantitative estimate of drug-likeness (QED) is 0.0951. The summed E-state index contributed by atoms with van der Waals surface area (Å²) in [4.78, 5) is 41.0. The van der Waals surface area contributed by atoms with Crippen molar-refractivity contribution in [3.63, 3.8) is 0 Å². The molecule has 0 aromatic carbocycles. The van der Waals surface area contributed by atoms with Crippen molar-refractivity contribution in [1.82, 2.24) is 0 Å². The molecule has 0 aliphatic carbocycles. The minimum Gasteiger partial charge on any atom is -0.481 e. The van der Waals surface area contributed by atoms with Crippen LogP contribution in [-0.2, 0) is 19.2 Å². The van der Waals surface area contributed by atoms with Crippen molar-refractivity contribution < 1.29 is 39.6 Å². The highest BCUT2D eigenvalue weighted by molar-refractivity contribution is 5.67. The van der Waals surface area contributed by atoms with Crippen molar-refractivity contribution >= 4 is 23.9 Å². The standard InChI is InChI=1S/C14H26O4.C13H24O4/c15-13(16)11-9-7-5-3-1-2-4-6-8-10-12-14(17)18;14-12(15)10-8-6-4-2-1-3-5-7-9-11-13(16)17/h1-12H2,(H,15,16)(H,17,18);1-11H2,(H,14,15)(H,16,17). The Labute approximate surface area is 211 Å². The Bertz CT molecular complexity index is 487. The molecule has 0 radical (unpaired) electrons. The number of carbonyl (C=O) groups is 4. The summed E-state index contributed by atoms with van der Waals surface area (Å²) in [5.41, 5.74) is 0. The van der Waals surface area contributed by atoms with Crippen LogP contribution in [0.25, 0.3) is 0 Å². The summed E-state index contributed by atoms with van der Waals surface area (Å²) >= 11 is 0. The Balaban J connectivity index is 0. The van der Waals surface area contributed by atoms with E-state index in [2.05, 4.69) is 0 Å². The van der Waals surface area contributed by atoms with Gasteiger partial charge < -0.3 is 20.4 Å². The number of aliphatic carboxylic acids is 4. The SMILES string of the molecule is O=C(O)CCCCCCCCCCCC(=O)O.O=C(O)CCCCCCCCCCCCC(=O)O. The van der Waals surface area contributed by atoms with E-state index in [0.29, 0.717) is 12.8 Å². The third-order valence-corrected chi connectivity index (χ3v) is 5.81. The summed E-state index contributed by atoms with van der Waals surface area (Å²) in [5, 5.41) is 33.8. The minimum absolute atomic E-state index is 0.287. The lowest BCUT2D eigenvalue weighted by Crippen LogP contribution is -1.94. The summed E-state index contributed by atoms with van der Waals surface area (Å²) in [7, 11) is 0. The van der Waals surface area contributed by atoms with Crippen molar-refractivity contribution in [2.75, 3.05) is 0 Å². The molecule has 0 aliphatic rings. The van der Waals surface area contributed by atoms with Crippen molar-refractivity contribution in [2.24, 2.45) is 0 Å². The van der Waals surface area contributed by atoms with Gasteiger partial charge in [-0.05, 0) is 25.7 Å². The van der Waals surface area contributed by atoms with Gasteiger partial charge in [-0.15, -0.1) is 0 Å². The van der Waals surface area contributed by atoms with Crippen LogP contribution in [0.3, 0.4) is 0 Å². The first-order chi connectivity index (χ1) is 16.8. The van der Waals surface area contributed by atoms with Crippen LogP contribution < -0.4 is 0 Å². The lowest BCUT2D eigenvalue weighted by Gasteiger charge is -2.01. The van der Waals surface area contributed by atoms with Gasteiger partial charge in [0.25, 0.3) is 0 Å². The molecule has 8 heteroatoms. The zero-order valence-corrected chi connectivity index (χ0v) is 21.7. The summed E-state index contributed by atoms with van der Waals surface area (Å²) < 4.78 is 0. The van der Waals surface area contributed by atoms with Gasteiger partial charge in [0.15, 0.2) is 0 Å². The first kappa shape index (κ1) is 35.0. The van der Waals surface area contributed by atoms with Crippen molar-refractivity contribution in [3.8, 4) is 0 Å². The molecule has 0 atom stereocenters. The van der Waals surface area contributed by atoms with Crippen LogP contribution in [0.15, 0.2) is 0 Å². The second-order valence-electron chi connectivity index (χ2n) is 9.29. The summed E-state index contributed by atoms with van der Waals surface area (Å²) in [6.07, 6.45) is 21.2. The fraction of sp³-hybridized carbons (Fsp3) is 0.852. The van der Waals surface area contributed by atoms with E-state index in [9.17, 15) is 19.2 Å². The summed E-state index contributed by atoms with van der Waals surface area (Å²) in [5.74, 6) is -2.81. The Hall–Kier alpha value is -2.12. The van der Waals surface area contributed by atoms with E-state index in [1.54, 1.807) is 0 Å². The predicted molar refractivity (Wildman–Crippen MR) is 137 cm³/mol. The molecule has 0 heterocycles. The van der Waals surface area contributed by atoms with Crippen LogP contribution in [0.4, 0.5) is 0 Å². The number of rotatable bonds is 25. The van der Waals surface area contributed by atoms with Crippen LogP contribution in [-0.4, -0.2) is 44.3 Å². The highest BCUT2D eigenvalue weighted by atomic mass is 16.4. The molecular formula is C27H50O8. The highest BCUT2D eigenvalue weighted by Gasteiger charge is 1.99. The number of hydrogen-bond acceptors (Lipinski definition) is 4. The zero-order chi connectivity index (χ0) is 26.6. The maximum Gasteiger partial charge on any atom is 0.303 e. The van der Waals surface area contributed by atoms with Gasteiger partial charge in [0.1, 0.15) is 0 Å². The molecule has 0 saturated carbocycles. The molecule has 0 aromatic heterocycles. The Morgan fingerprint density at radius 1 is 0.257 bits per heavy atom. The minimum atomic E-state index is -0.705. The first-order valence-corrected chi connectivity index (χ1v) is 13.6. The lowest BCUT2D eigenvalue weighted by atomic mass is 10.1. The van der Waals surface area contributed by atoms with Gasteiger partial charge in [-0.3, -0.25) is 19.2 Å². The van der Waals surface area contributed by atoms with Gasteiger partial charge >= 0.3 is 23.9 Å². The topological polar surface area (TPSA) is 149 Å². The molecule has 206 valence electrons. The normalized spacial score (nSPS) is 10.4. The Morgan fingerprint density at radius 2 is 0.371 bits per heavy atom. The second kappa shape index (κ2) is 28.1. The van der Waals surface area contributed by atoms with E-state index in [0.717, 1.165) is 77.0 Å². The van der Waals surface area contributed by atoms with Gasteiger partial charge in [0, 0.05) is 25.7 Å². The third kappa shape index (κ3) is 39.4. The van der Waals surface area contributed by atoms with Crippen molar-refractivity contribution in [1.29, 1.82) is 0 Å². The van der Waals surface area contributed by atoms with E-state index < -0.39 is 23.9 Å². The van der Waals surface area contributed by atoms with Gasteiger partial charge in [-0.25, -0.2) is 0 Å². The van der Waals surface area contributed by atoms with Crippen LogP contribution >= 0.6 is 0 Å². The van der Waals surface area contributed by atoms with E-state index >= 15 is 0 Å². The fourth-order valence-electron chi connectivity index (χ4n) is 3.76. The van der Waals surface area contributed by atoms with Gasteiger partial charge in [0.2, 0.25) is 0 Å². The molecule has 4 N–H and O–H groups in total. The molecule has 8 nitrogen and oxygen atoms in total. The zero-order valence-electron chi connectivity index (χ0n) is 21.7. The van der Waals surface area contributed by atoms with Crippen LogP contribution in [0.5, 0.6) is 0 Å². The fourth-order valence-corrected chi connectivity index (χ4v) is 3.76. The maximum atomic E-state index is 10.3. The van der Waals surface area contributed by atoms with Gasteiger partial charge in [-0.2, -0.15) is 0 Å². The van der Waals surface area contributed by atoms with Crippen LogP contribution in [0, 0.1) is 0 Å². The third-order valence-electron chi connectivity index (χ3n) is 5.81. The Morgan fingerprint density at radius 3 is 0.486 bits per heavy atom. The smallest absolute Gasteiger partial charge is 0.303 e. The predicted octanol–water partition coefficient (Wildman–Crippen LogP) is 7.28. The molecular weight excluding hydrogens is 452 g/mol. The molecule has 35 heavy (non-hydrogen) atoms. The van der Waals surface area contributed by atoms with Gasteiger partial charge in [-0.1, -0.05) is 96.3 Å². The molecule has 0 saturated heterocycles. The first-order valence-electron chi connectivity index (χ1n) is 13.6. The molecule has 0 bridgehead atoms. The molecule has 0 aromatic rings. The number of carboxylic acids is 4. The molecule has 0 spiro atoms. The molecule has 0 aliphatic heterocycles.